The van der Waals surface area contributed by atoms with E-state index >= 15 is 0 Å². The summed E-state index contributed by atoms with van der Waals surface area (Å²) in [5, 5.41) is 15.2. The molecule has 1 fully saturated rings. The van der Waals surface area contributed by atoms with Crippen molar-refractivity contribution in [3.8, 4) is 0 Å². The molecule has 0 spiro atoms. The highest BCUT2D eigenvalue weighted by Gasteiger charge is 2.35. The van der Waals surface area contributed by atoms with Crippen molar-refractivity contribution >= 4 is 10.0 Å². The fraction of sp³-hybridized carbons (Fsp3) is 0.625. The van der Waals surface area contributed by atoms with Gasteiger partial charge in [-0.15, -0.1) is 0 Å². The Labute approximate surface area is 88.0 Å². The summed E-state index contributed by atoms with van der Waals surface area (Å²) in [6.07, 6.45) is 2.90. The van der Waals surface area contributed by atoms with Gasteiger partial charge in [0.2, 0.25) is 0 Å². The van der Waals surface area contributed by atoms with Gasteiger partial charge in [0.25, 0.3) is 10.0 Å². The number of aromatic amines is 1. The number of nitrogens with one attached hydrogen (secondary N) is 1. The second kappa shape index (κ2) is 3.92. The Bertz CT molecular complexity index is 414. The van der Waals surface area contributed by atoms with Crippen LogP contribution in [0.4, 0.5) is 0 Å². The van der Waals surface area contributed by atoms with Crippen molar-refractivity contribution in [2.24, 2.45) is 0 Å². The maximum Gasteiger partial charge on any atom is 0.260 e. The van der Waals surface area contributed by atoms with Crippen LogP contribution in [0.2, 0.25) is 0 Å². The van der Waals surface area contributed by atoms with E-state index in [0.717, 1.165) is 6.42 Å². The molecule has 1 aromatic rings. The fourth-order valence-corrected chi connectivity index (χ4v) is 3.41. The van der Waals surface area contributed by atoms with Crippen molar-refractivity contribution in [1.82, 2.24) is 14.5 Å². The van der Waals surface area contributed by atoms with Gasteiger partial charge in [-0.2, -0.15) is 9.40 Å². The van der Waals surface area contributed by atoms with E-state index in [0.29, 0.717) is 13.0 Å². The fourth-order valence-electron chi connectivity index (χ4n) is 1.82. The third kappa shape index (κ3) is 1.77. The second-order valence-corrected chi connectivity index (χ2v) is 5.37. The number of H-pyrrole nitrogens is 1. The average molecular weight is 231 g/mol. The first-order chi connectivity index (χ1) is 7.16. The molecule has 1 aliphatic heterocycles. The van der Waals surface area contributed by atoms with Crippen molar-refractivity contribution in [2.45, 2.75) is 23.9 Å². The molecule has 0 aliphatic carbocycles. The van der Waals surface area contributed by atoms with Crippen LogP contribution in [0.25, 0.3) is 0 Å². The molecule has 0 saturated carbocycles. The lowest BCUT2D eigenvalue weighted by Crippen LogP contribution is -2.37. The zero-order valence-corrected chi connectivity index (χ0v) is 8.94. The Balaban J connectivity index is 2.30. The Kier molecular flexibility index (Phi) is 2.76. The second-order valence-electron chi connectivity index (χ2n) is 3.52. The van der Waals surface area contributed by atoms with Crippen molar-refractivity contribution in [3.63, 3.8) is 0 Å². The highest BCUT2D eigenvalue weighted by Crippen LogP contribution is 2.24. The zero-order valence-electron chi connectivity index (χ0n) is 8.13. The van der Waals surface area contributed by atoms with Crippen LogP contribution in [0.3, 0.4) is 0 Å². The summed E-state index contributed by atoms with van der Waals surface area (Å²) < 4.78 is 25.4. The van der Waals surface area contributed by atoms with Crippen LogP contribution in [-0.4, -0.2) is 47.2 Å². The summed E-state index contributed by atoms with van der Waals surface area (Å²) in [4.78, 5) is 0. The third-order valence-electron chi connectivity index (χ3n) is 2.60. The molecule has 1 aromatic heterocycles. The van der Waals surface area contributed by atoms with E-state index in [9.17, 15) is 8.42 Å². The molecule has 15 heavy (non-hydrogen) atoms. The zero-order chi connectivity index (χ0) is 10.9. The highest BCUT2D eigenvalue weighted by molar-refractivity contribution is 7.89. The third-order valence-corrected chi connectivity index (χ3v) is 4.48. The van der Waals surface area contributed by atoms with Gasteiger partial charge in [0.15, 0.2) is 5.03 Å². The molecule has 1 aliphatic rings. The van der Waals surface area contributed by atoms with Crippen molar-refractivity contribution in [2.75, 3.05) is 13.2 Å². The van der Waals surface area contributed by atoms with Gasteiger partial charge in [0.1, 0.15) is 0 Å². The van der Waals surface area contributed by atoms with Crippen LogP contribution in [0.1, 0.15) is 12.8 Å². The molecule has 0 aromatic carbocycles. The molecule has 0 unspecified atom stereocenters. The molecule has 1 atom stereocenters. The molecule has 7 heteroatoms. The van der Waals surface area contributed by atoms with Crippen LogP contribution >= 0.6 is 0 Å². The lowest BCUT2D eigenvalue weighted by atomic mass is 10.2. The van der Waals surface area contributed by atoms with Crippen LogP contribution < -0.4 is 0 Å². The van der Waals surface area contributed by atoms with E-state index in [1.165, 1.54) is 16.6 Å². The Morgan fingerprint density at radius 3 is 3.07 bits per heavy atom. The Morgan fingerprint density at radius 1 is 1.67 bits per heavy atom. The number of hydrogen-bond donors (Lipinski definition) is 2. The van der Waals surface area contributed by atoms with Gasteiger partial charge in [-0.1, -0.05) is 0 Å². The molecule has 6 nitrogen and oxygen atoms in total. The molecule has 2 rings (SSSR count). The van der Waals surface area contributed by atoms with Gasteiger partial charge in [0.05, 0.1) is 12.8 Å². The first-order valence-corrected chi connectivity index (χ1v) is 6.22. The Morgan fingerprint density at radius 2 is 2.47 bits per heavy atom. The average Bonchev–Trinajstić information content (AvgIpc) is 2.89. The van der Waals surface area contributed by atoms with Gasteiger partial charge in [-0.3, -0.25) is 5.10 Å². The van der Waals surface area contributed by atoms with Gasteiger partial charge in [-0.25, -0.2) is 8.42 Å². The summed E-state index contributed by atoms with van der Waals surface area (Å²) in [6, 6.07) is 1.13. The number of nitrogens with zero attached hydrogens (tertiary/aromatic N) is 2. The lowest BCUT2D eigenvalue weighted by molar-refractivity contribution is 0.213. The maximum atomic E-state index is 12.0. The van der Waals surface area contributed by atoms with Gasteiger partial charge < -0.3 is 5.11 Å². The van der Waals surface area contributed by atoms with Crippen molar-refractivity contribution in [3.05, 3.63) is 12.3 Å². The predicted molar refractivity (Wildman–Crippen MR) is 52.6 cm³/mol. The van der Waals surface area contributed by atoms with Crippen LogP contribution in [0.15, 0.2) is 17.3 Å². The number of aromatic nitrogens is 2. The largest absolute Gasteiger partial charge is 0.395 e. The van der Waals surface area contributed by atoms with Gasteiger partial charge in [-0.05, 0) is 18.9 Å². The molecular formula is C8H13N3O3S. The van der Waals surface area contributed by atoms with Crippen molar-refractivity contribution in [1.29, 1.82) is 0 Å². The van der Waals surface area contributed by atoms with E-state index < -0.39 is 10.0 Å². The minimum Gasteiger partial charge on any atom is -0.395 e. The predicted octanol–water partition coefficient (Wildman–Crippen LogP) is -0.445. The first-order valence-electron chi connectivity index (χ1n) is 4.78. The summed E-state index contributed by atoms with van der Waals surface area (Å²) in [7, 11) is -3.50. The van der Waals surface area contributed by atoms with E-state index in [1.807, 2.05) is 0 Å². The molecule has 0 amide bonds. The van der Waals surface area contributed by atoms with Crippen LogP contribution in [0, 0.1) is 0 Å². The van der Waals surface area contributed by atoms with Gasteiger partial charge in [0, 0.05) is 12.6 Å². The highest BCUT2D eigenvalue weighted by atomic mass is 32.2. The number of rotatable bonds is 3. The smallest absolute Gasteiger partial charge is 0.260 e. The Hall–Kier alpha value is -0.920. The quantitative estimate of drug-likeness (QED) is 0.738. The monoisotopic (exact) mass is 231 g/mol. The number of hydrogen-bond acceptors (Lipinski definition) is 4. The number of sulfonamides is 1. The van der Waals surface area contributed by atoms with Crippen LogP contribution in [-0.2, 0) is 10.0 Å². The van der Waals surface area contributed by atoms with Gasteiger partial charge >= 0.3 is 0 Å². The normalized spacial score (nSPS) is 23.4. The molecular weight excluding hydrogens is 218 g/mol. The van der Waals surface area contributed by atoms with Crippen molar-refractivity contribution < 1.29 is 13.5 Å². The molecule has 0 radical (unpaired) electrons. The molecule has 1 saturated heterocycles. The van der Waals surface area contributed by atoms with Crippen LogP contribution in [0.5, 0.6) is 0 Å². The summed E-state index contributed by atoms with van der Waals surface area (Å²) in [5.41, 5.74) is 0. The standard InChI is InChI=1S/C8H13N3O3S/c12-6-7-2-1-5-11(7)15(13,14)8-3-4-9-10-8/h3-4,7,12H,1-2,5-6H2,(H,9,10)/t7-/m0/s1. The van der Waals surface area contributed by atoms with E-state index in [1.54, 1.807) is 0 Å². The number of aliphatic hydroxyl groups is 1. The summed E-state index contributed by atoms with van der Waals surface area (Å²) in [6.45, 7) is 0.333. The minimum absolute atomic E-state index is 0.0860. The summed E-state index contributed by atoms with van der Waals surface area (Å²) in [5.74, 6) is 0. The topological polar surface area (TPSA) is 86.3 Å². The molecule has 2 N–H and O–H groups in total. The maximum absolute atomic E-state index is 12.0. The minimum atomic E-state index is -3.50. The first kappa shape index (κ1) is 10.6. The number of aliphatic hydroxyl groups excluding tert-OH is 1. The molecule has 0 bridgehead atoms. The SMILES string of the molecule is O=S(=O)(c1ccn[nH]1)N1CCC[C@H]1CO. The van der Waals surface area contributed by atoms with E-state index in [2.05, 4.69) is 10.2 Å². The lowest BCUT2D eigenvalue weighted by Gasteiger charge is -2.21. The molecule has 2 heterocycles. The molecule has 84 valence electrons. The summed E-state index contributed by atoms with van der Waals surface area (Å²) >= 11 is 0. The van der Waals surface area contributed by atoms with E-state index in [4.69, 9.17) is 5.11 Å². The van der Waals surface area contributed by atoms with E-state index in [-0.39, 0.29) is 17.7 Å².